The Kier molecular flexibility index (Phi) is 13.2. The van der Waals surface area contributed by atoms with Crippen molar-refractivity contribution in [2.45, 2.75) is 108 Å². The number of nitriles is 1. The van der Waals surface area contributed by atoms with E-state index in [0.717, 1.165) is 23.1 Å². The van der Waals surface area contributed by atoms with Crippen LogP contribution >= 0.6 is 8.53 Å². The molecule has 0 bridgehead atoms. The lowest BCUT2D eigenvalue weighted by Crippen LogP contribution is -2.54. The van der Waals surface area contributed by atoms with E-state index >= 15 is 0 Å². The maximum absolute atomic E-state index is 13.4. The first-order chi connectivity index (χ1) is 27.0. The van der Waals surface area contributed by atoms with Gasteiger partial charge in [0, 0.05) is 30.3 Å². The van der Waals surface area contributed by atoms with Crippen molar-refractivity contribution in [1.82, 2.24) is 14.2 Å². The van der Waals surface area contributed by atoms with Crippen molar-refractivity contribution in [3.8, 4) is 17.6 Å². The first-order valence-corrected chi connectivity index (χ1v) is 20.4. The fourth-order valence-corrected chi connectivity index (χ4v) is 9.95. The standard InChI is InChI=1S/C43H53N4O8P/c1-29(2)47(30(3)4)56(52-26-12-25-44)55-42-24-11-15-37(39(42)53-38(27-42)46-28-31(5)40(48)45-41(46)49)54-43(32-13-9-8-10-14-32,33-16-20-35(50-6)21-17-33)34-18-22-36(51-7)23-19-34/h8-10,13-14,16-23,28-30,37-39H,11-12,15,24,26-27H2,1-7H3,(H,45,48,49)/t37-,38-,39+,42+,56?/m1/s1. The van der Waals surface area contributed by atoms with Crippen LogP contribution in [-0.4, -0.2) is 64.9 Å². The number of nitrogens with one attached hydrogen (secondary N) is 1. The number of aryl methyl sites for hydroxylation is 1. The SMILES string of the molecule is COc1ccc(C(O[C@@H]2CCC[C@]3(OP(OCCC#N)N(C(C)C)C(C)C)C[C@H](n4cc(C)c(=O)[nH]c4=O)O[C@@H]23)(c2ccccc2)c2ccc(OC)cc2)cc1. The summed E-state index contributed by atoms with van der Waals surface area (Å²) in [6.07, 6.45) is 2.04. The van der Waals surface area contributed by atoms with Gasteiger partial charge in [-0.2, -0.15) is 5.26 Å². The third-order valence-electron chi connectivity index (χ3n) is 10.6. The Balaban J connectivity index is 1.53. The zero-order valence-electron chi connectivity index (χ0n) is 33.3. The third-order valence-corrected chi connectivity index (χ3v) is 12.9. The van der Waals surface area contributed by atoms with E-state index in [0.29, 0.717) is 36.3 Å². The largest absolute Gasteiger partial charge is 0.497 e. The molecule has 12 nitrogen and oxygen atoms in total. The molecular formula is C43H53N4O8P. The molecule has 1 aromatic heterocycles. The number of H-pyrrole nitrogens is 1. The Bertz CT molecular complexity index is 2010. The number of fused-ring (bicyclic) bond motifs is 1. The number of rotatable bonds is 16. The number of aromatic nitrogens is 2. The Labute approximate surface area is 330 Å². The molecule has 0 spiro atoms. The molecule has 56 heavy (non-hydrogen) atoms. The molecule has 2 heterocycles. The number of aromatic amines is 1. The van der Waals surface area contributed by atoms with Crippen molar-refractivity contribution in [3.05, 3.63) is 128 Å². The molecule has 1 unspecified atom stereocenters. The molecule has 1 saturated carbocycles. The lowest BCUT2D eigenvalue weighted by atomic mass is 9.77. The van der Waals surface area contributed by atoms with Gasteiger partial charge in [-0.1, -0.05) is 54.6 Å². The van der Waals surface area contributed by atoms with Crippen LogP contribution in [0.25, 0.3) is 0 Å². The van der Waals surface area contributed by atoms with E-state index in [2.05, 4.69) is 55.6 Å². The fraction of sp³-hybridized carbons (Fsp3) is 0.465. The molecule has 5 atom stereocenters. The molecule has 1 N–H and O–H groups in total. The van der Waals surface area contributed by atoms with Gasteiger partial charge in [0.15, 0.2) is 0 Å². The second kappa shape index (κ2) is 17.9. The zero-order valence-corrected chi connectivity index (χ0v) is 34.2. The quantitative estimate of drug-likeness (QED) is 0.0683. The minimum absolute atomic E-state index is 0.0622. The lowest BCUT2D eigenvalue weighted by Gasteiger charge is -2.48. The maximum atomic E-state index is 13.4. The number of hydrogen-bond donors (Lipinski definition) is 1. The van der Waals surface area contributed by atoms with E-state index in [1.807, 2.05) is 66.7 Å². The van der Waals surface area contributed by atoms with Crippen LogP contribution in [0.1, 0.15) is 88.3 Å². The van der Waals surface area contributed by atoms with Crippen LogP contribution < -0.4 is 20.7 Å². The van der Waals surface area contributed by atoms with Crippen LogP contribution in [0.5, 0.6) is 11.5 Å². The summed E-state index contributed by atoms with van der Waals surface area (Å²) in [5.74, 6) is 1.42. The first-order valence-electron chi connectivity index (χ1n) is 19.2. The van der Waals surface area contributed by atoms with Crippen molar-refractivity contribution in [2.75, 3.05) is 20.8 Å². The molecule has 13 heteroatoms. The highest BCUT2D eigenvalue weighted by molar-refractivity contribution is 7.44. The summed E-state index contributed by atoms with van der Waals surface area (Å²) in [7, 11) is 1.58. The van der Waals surface area contributed by atoms with Gasteiger partial charge in [0.2, 0.25) is 0 Å². The summed E-state index contributed by atoms with van der Waals surface area (Å²) in [6, 6.07) is 28.2. The number of benzene rings is 3. The second-order valence-corrected chi connectivity index (χ2v) is 16.3. The van der Waals surface area contributed by atoms with Gasteiger partial charge in [-0.15, -0.1) is 0 Å². The van der Waals surface area contributed by atoms with Crippen LogP contribution in [0.2, 0.25) is 0 Å². The van der Waals surface area contributed by atoms with E-state index in [-0.39, 0.29) is 25.1 Å². The van der Waals surface area contributed by atoms with E-state index < -0.39 is 49.4 Å². The molecule has 1 saturated heterocycles. The summed E-state index contributed by atoms with van der Waals surface area (Å²) in [4.78, 5) is 28.3. The van der Waals surface area contributed by atoms with Gasteiger partial charge in [0.1, 0.15) is 35.0 Å². The van der Waals surface area contributed by atoms with Gasteiger partial charge >= 0.3 is 5.69 Å². The van der Waals surface area contributed by atoms with Crippen molar-refractivity contribution in [3.63, 3.8) is 0 Å². The molecule has 2 aliphatic rings. The summed E-state index contributed by atoms with van der Waals surface area (Å²) in [5, 5.41) is 9.43. The Hall–Kier alpha value is -4.34. The first kappa shape index (κ1) is 41.3. The van der Waals surface area contributed by atoms with Crippen LogP contribution in [-0.2, 0) is 24.1 Å². The maximum Gasteiger partial charge on any atom is 0.330 e. The van der Waals surface area contributed by atoms with Gasteiger partial charge in [-0.25, -0.2) is 9.46 Å². The predicted molar refractivity (Wildman–Crippen MR) is 215 cm³/mol. The average Bonchev–Trinajstić information content (AvgIpc) is 3.58. The number of ether oxygens (including phenoxy) is 4. The average molecular weight is 785 g/mol. The topological polar surface area (TPSA) is 137 Å². The van der Waals surface area contributed by atoms with Gasteiger partial charge in [-0.05, 0) is 94.8 Å². The highest BCUT2D eigenvalue weighted by Crippen LogP contribution is 2.58. The van der Waals surface area contributed by atoms with E-state index in [4.69, 9.17) is 28.0 Å². The van der Waals surface area contributed by atoms with Crippen LogP contribution in [0.3, 0.4) is 0 Å². The Morgan fingerprint density at radius 3 is 2.09 bits per heavy atom. The summed E-state index contributed by atoms with van der Waals surface area (Å²) >= 11 is 0. The molecule has 1 aliphatic heterocycles. The molecule has 298 valence electrons. The van der Waals surface area contributed by atoms with Crippen molar-refractivity contribution < 1.29 is 28.0 Å². The number of hydrogen-bond acceptors (Lipinski definition) is 10. The number of nitrogens with zero attached hydrogens (tertiary/aromatic N) is 3. The molecule has 2 fully saturated rings. The van der Waals surface area contributed by atoms with Crippen molar-refractivity contribution in [2.24, 2.45) is 0 Å². The lowest BCUT2D eigenvalue weighted by molar-refractivity contribution is -0.178. The Morgan fingerprint density at radius 1 is 0.946 bits per heavy atom. The minimum atomic E-state index is -1.71. The predicted octanol–water partition coefficient (Wildman–Crippen LogP) is 7.74. The molecule has 0 radical (unpaired) electrons. The normalized spacial score (nSPS) is 21.6. The summed E-state index contributed by atoms with van der Waals surface area (Å²) in [5.41, 5.74) is -0.0768. The molecule has 4 aromatic rings. The molecule has 3 aromatic carbocycles. The van der Waals surface area contributed by atoms with Crippen LogP contribution in [0, 0.1) is 18.3 Å². The Morgan fingerprint density at radius 2 is 1.54 bits per heavy atom. The summed E-state index contributed by atoms with van der Waals surface area (Å²) in [6.45, 7) is 10.3. The fourth-order valence-electron chi connectivity index (χ4n) is 8.09. The molecule has 6 rings (SSSR count). The number of methoxy groups -OCH3 is 2. The van der Waals surface area contributed by atoms with Gasteiger partial charge in [0.05, 0.1) is 39.4 Å². The van der Waals surface area contributed by atoms with Gasteiger partial charge < -0.3 is 28.0 Å². The molecule has 1 aliphatic carbocycles. The van der Waals surface area contributed by atoms with E-state index in [9.17, 15) is 14.9 Å². The van der Waals surface area contributed by atoms with E-state index in [1.165, 1.54) is 4.57 Å². The highest BCUT2D eigenvalue weighted by Gasteiger charge is 2.59. The van der Waals surface area contributed by atoms with Crippen molar-refractivity contribution in [1.29, 1.82) is 5.26 Å². The monoisotopic (exact) mass is 784 g/mol. The van der Waals surface area contributed by atoms with Gasteiger partial charge in [-0.3, -0.25) is 14.3 Å². The van der Waals surface area contributed by atoms with Crippen LogP contribution in [0.15, 0.2) is 94.6 Å². The summed E-state index contributed by atoms with van der Waals surface area (Å²) < 4.78 is 43.3. The molecular weight excluding hydrogens is 731 g/mol. The van der Waals surface area contributed by atoms with Crippen molar-refractivity contribution >= 4 is 8.53 Å². The third kappa shape index (κ3) is 8.35. The van der Waals surface area contributed by atoms with E-state index in [1.54, 1.807) is 27.3 Å². The molecule has 0 amide bonds. The zero-order chi connectivity index (χ0) is 40.0. The second-order valence-electron chi connectivity index (χ2n) is 14.9. The van der Waals surface area contributed by atoms with Gasteiger partial charge in [0.25, 0.3) is 14.1 Å². The smallest absolute Gasteiger partial charge is 0.330 e. The van der Waals surface area contributed by atoms with Crippen LogP contribution in [0.4, 0.5) is 0 Å². The highest BCUT2D eigenvalue weighted by atomic mass is 31.2. The minimum Gasteiger partial charge on any atom is -0.497 e.